The van der Waals surface area contributed by atoms with E-state index in [9.17, 15) is 0 Å². The molecule has 0 atom stereocenters. The van der Waals surface area contributed by atoms with Gasteiger partial charge in [-0.2, -0.15) is 0 Å². The third-order valence-corrected chi connectivity index (χ3v) is 4.87. The van der Waals surface area contributed by atoms with Gasteiger partial charge in [0.05, 0.1) is 11.4 Å². The molecule has 3 heteroatoms. The lowest BCUT2D eigenvalue weighted by Crippen LogP contribution is -1.92. The highest BCUT2D eigenvalue weighted by molar-refractivity contribution is 7.16. The first-order valence-electron chi connectivity index (χ1n) is 7.09. The average Bonchev–Trinajstić information content (AvgIpc) is 2.91. The van der Waals surface area contributed by atoms with Crippen LogP contribution in [0.4, 0.5) is 5.69 Å². The SMILES string of the molecule is CN=C(C)c1ccc(C(C)=Nc2c(C)cc(C)cc2C)s1. The lowest BCUT2D eigenvalue weighted by Gasteiger charge is -2.08. The standard InChI is InChI=1S/C18H22N2S/c1-11-9-12(2)18(13(3)10-11)20-15(5)17-8-7-16(21-17)14(4)19-6/h7-10H,1-6H3. The van der Waals surface area contributed by atoms with Gasteiger partial charge in [-0.05, 0) is 57.9 Å². The van der Waals surface area contributed by atoms with Crippen LogP contribution in [0.1, 0.15) is 40.3 Å². The van der Waals surface area contributed by atoms with Gasteiger partial charge in [-0.25, -0.2) is 0 Å². The molecule has 2 aromatic rings. The Morgan fingerprint density at radius 1 is 0.905 bits per heavy atom. The van der Waals surface area contributed by atoms with Gasteiger partial charge in [-0.3, -0.25) is 9.98 Å². The molecular weight excluding hydrogens is 276 g/mol. The van der Waals surface area contributed by atoms with Gasteiger partial charge >= 0.3 is 0 Å². The van der Waals surface area contributed by atoms with E-state index in [4.69, 9.17) is 4.99 Å². The molecular formula is C18H22N2S. The van der Waals surface area contributed by atoms with E-state index in [-0.39, 0.29) is 0 Å². The second-order valence-electron chi connectivity index (χ2n) is 5.42. The summed E-state index contributed by atoms with van der Waals surface area (Å²) in [6.45, 7) is 10.5. The fraction of sp³-hybridized carbons (Fsp3) is 0.333. The normalized spacial score (nSPS) is 12.9. The van der Waals surface area contributed by atoms with Gasteiger partial charge in [0.1, 0.15) is 0 Å². The van der Waals surface area contributed by atoms with Crippen molar-refractivity contribution in [1.82, 2.24) is 0 Å². The molecule has 0 fully saturated rings. The van der Waals surface area contributed by atoms with Crippen LogP contribution in [0.15, 0.2) is 34.3 Å². The number of nitrogens with zero attached hydrogens (tertiary/aromatic N) is 2. The lowest BCUT2D eigenvalue weighted by molar-refractivity contribution is 1.28. The highest BCUT2D eigenvalue weighted by atomic mass is 32.1. The second-order valence-corrected chi connectivity index (χ2v) is 6.50. The molecule has 0 saturated heterocycles. The Bertz CT molecular complexity index is 698. The third-order valence-electron chi connectivity index (χ3n) is 3.57. The molecule has 0 saturated carbocycles. The number of hydrogen-bond acceptors (Lipinski definition) is 3. The third kappa shape index (κ3) is 3.48. The van der Waals surface area contributed by atoms with Crippen LogP contribution in [-0.2, 0) is 0 Å². The van der Waals surface area contributed by atoms with E-state index < -0.39 is 0 Å². The van der Waals surface area contributed by atoms with E-state index >= 15 is 0 Å². The van der Waals surface area contributed by atoms with Gasteiger partial charge in [0.2, 0.25) is 0 Å². The number of thiophene rings is 1. The minimum atomic E-state index is 1.06. The van der Waals surface area contributed by atoms with Crippen LogP contribution in [-0.4, -0.2) is 18.5 Å². The number of aryl methyl sites for hydroxylation is 3. The summed E-state index contributed by atoms with van der Waals surface area (Å²) in [5.74, 6) is 0. The number of benzene rings is 1. The van der Waals surface area contributed by atoms with Crippen molar-refractivity contribution < 1.29 is 0 Å². The van der Waals surface area contributed by atoms with Gasteiger partial charge in [0.25, 0.3) is 0 Å². The van der Waals surface area contributed by atoms with E-state index in [1.807, 2.05) is 14.0 Å². The highest BCUT2D eigenvalue weighted by Gasteiger charge is 2.08. The molecule has 0 aliphatic carbocycles. The van der Waals surface area contributed by atoms with Crippen LogP contribution in [0.5, 0.6) is 0 Å². The van der Waals surface area contributed by atoms with E-state index in [0.29, 0.717) is 0 Å². The summed E-state index contributed by atoms with van der Waals surface area (Å²) < 4.78 is 0. The topological polar surface area (TPSA) is 24.7 Å². The maximum Gasteiger partial charge on any atom is 0.0691 e. The first kappa shape index (κ1) is 15.6. The molecule has 2 rings (SSSR count). The van der Waals surface area contributed by atoms with Gasteiger partial charge in [-0.15, -0.1) is 11.3 Å². The molecule has 1 aromatic carbocycles. The van der Waals surface area contributed by atoms with Crippen molar-refractivity contribution in [3.05, 3.63) is 50.7 Å². The fourth-order valence-electron chi connectivity index (χ4n) is 2.41. The molecule has 0 radical (unpaired) electrons. The summed E-state index contributed by atoms with van der Waals surface area (Å²) >= 11 is 1.75. The molecule has 1 heterocycles. The largest absolute Gasteiger partial charge is 0.292 e. The Labute approximate surface area is 131 Å². The number of aliphatic imine (C=N–C) groups is 2. The van der Waals surface area contributed by atoms with Crippen LogP contribution in [0.3, 0.4) is 0 Å². The smallest absolute Gasteiger partial charge is 0.0691 e. The molecule has 1 aromatic heterocycles. The van der Waals surface area contributed by atoms with Crippen molar-refractivity contribution in [2.24, 2.45) is 9.98 Å². The molecule has 0 bridgehead atoms. The molecule has 21 heavy (non-hydrogen) atoms. The molecule has 0 aliphatic heterocycles. The van der Waals surface area contributed by atoms with Crippen LogP contribution < -0.4 is 0 Å². The maximum absolute atomic E-state index is 4.86. The highest BCUT2D eigenvalue weighted by Crippen LogP contribution is 2.27. The zero-order chi connectivity index (χ0) is 15.6. The monoisotopic (exact) mass is 298 g/mol. The van der Waals surface area contributed by atoms with Crippen LogP contribution in [0, 0.1) is 20.8 Å². The molecule has 0 amide bonds. The zero-order valence-corrected chi connectivity index (χ0v) is 14.4. The quantitative estimate of drug-likeness (QED) is 0.691. The lowest BCUT2D eigenvalue weighted by atomic mass is 10.1. The van der Waals surface area contributed by atoms with Crippen molar-refractivity contribution in [3.8, 4) is 0 Å². The van der Waals surface area contributed by atoms with E-state index in [1.165, 1.54) is 26.4 Å². The summed E-state index contributed by atoms with van der Waals surface area (Å²) in [4.78, 5) is 11.5. The Hall–Kier alpha value is -1.74. The number of hydrogen-bond donors (Lipinski definition) is 0. The summed E-state index contributed by atoms with van der Waals surface area (Å²) in [5.41, 5.74) is 6.97. The minimum absolute atomic E-state index is 1.06. The van der Waals surface area contributed by atoms with Crippen molar-refractivity contribution in [3.63, 3.8) is 0 Å². The second kappa shape index (κ2) is 6.35. The molecule has 110 valence electrons. The predicted molar refractivity (Wildman–Crippen MR) is 95.0 cm³/mol. The Kier molecular flexibility index (Phi) is 4.73. The average molecular weight is 298 g/mol. The van der Waals surface area contributed by atoms with Gasteiger partial charge in [0.15, 0.2) is 0 Å². The number of rotatable bonds is 3. The van der Waals surface area contributed by atoms with Crippen LogP contribution in [0.25, 0.3) is 0 Å². The van der Waals surface area contributed by atoms with Crippen molar-refractivity contribution in [2.75, 3.05) is 7.05 Å². The summed E-state index contributed by atoms with van der Waals surface area (Å²) in [6, 6.07) is 8.63. The van der Waals surface area contributed by atoms with Gasteiger partial charge in [-0.1, -0.05) is 17.7 Å². The molecule has 0 spiro atoms. The first-order chi connectivity index (χ1) is 9.92. The van der Waals surface area contributed by atoms with E-state index in [2.05, 4.69) is 57.0 Å². The maximum atomic E-state index is 4.86. The van der Waals surface area contributed by atoms with Gasteiger partial charge < -0.3 is 0 Å². The Morgan fingerprint density at radius 2 is 1.43 bits per heavy atom. The first-order valence-corrected chi connectivity index (χ1v) is 7.91. The molecule has 0 aliphatic rings. The minimum Gasteiger partial charge on any atom is -0.292 e. The van der Waals surface area contributed by atoms with Crippen molar-refractivity contribution in [1.29, 1.82) is 0 Å². The zero-order valence-electron chi connectivity index (χ0n) is 13.6. The van der Waals surface area contributed by atoms with Crippen LogP contribution in [0.2, 0.25) is 0 Å². The molecule has 0 unspecified atom stereocenters. The molecule has 0 N–H and O–H groups in total. The van der Waals surface area contributed by atoms with Crippen molar-refractivity contribution >= 4 is 28.4 Å². The van der Waals surface area contributed by atoms with Crippen molar-refractivity contribution in [2.45, 2.75) is 34.6 Å². The van der Waals surface area contributed by atoms with Gasteiger partial charge in [0, 0.05) is 22.5 Å². The summed E-state index contributed by atoms with van der Waals surface area (Å²) in [7, 11) is 1.83. The Morgan fingerprint density at radius 3 is 1.95 bits per heavy atom. The molecule has 2 nitrogen and oxygen atoms in total. The van der Waals surface area contributed by atoms with Crippen LogP contribution >= 0.6 is 11.3 Å². The van der Waals surface area contributed by atoms with E-state index in [1.54, 1.807) is 11.3 Å². The summed E-state index contributed by atoms with van der Waals surface area (Å²) in [5, 5.41) is 0. The van der Waals surface area contributed by atoms with E-state index in [0.717, 1.165) is 17.1 Å². The predicted octanol–water partition coefficient (Wildman–Crippen LogP) is 5.25. The summed E-state index contributed by atoms with van der Waals surface area (Å²) in [6.07, 6.45) is 0. The fourth-order valence-corrected chi connectivity index (χ4v) is 3.35. The Balaban J connectivity index is 2.40.